The standard InChI is InChI=1S/C20H23N3O/c1-22(2)17-9-7-15(8-10-17)13-23-12-11-16(14-23)20-21-18-5-3-4-6-19(18)24-20/h3-10,16H,11-14H2,1-2H3/t16-/m0/s1. The molecule has 0 spiro atoms. The number of fused-ring (bicyclic) bond motifs is 1. The van der Waals surface area contributed by atoms with Gasteiger partial charge in [0.2, 0.25) is 0 Å². The minimum atomic E-state index is 0.401. The number of nitrogens with zero attached hydrogens (tertiary/aromatic N) is 3. The van der Waals surface area contributed by atoms with Gasteiger partial charge in [-0.25, -0.2) is 4.98 Å². The Morgan fingerprint density at radius 3 is 2.67 bits per heavy atom. The highest BCUT2D eigenvalue weighted by atomic mass is 16.3. The summed E-state index contributed by atoms with van der Waals surface area (Å²) in [5, 5.41) is 0. The van der Waals surface area contributed by atoms with Crippen LogP contribution in [0.3, 0.4) is 0 Å². The third-order valence-corrected chi connectivity index (χ3v) is 4.79. The first-order valence-corrected chi connectivity index (χ1v) is 8.53. The molecule has 1 aromatic heterocycles. The van der Waals surface area contributed by atoms with Crippen LogP contribution in [-0.2, 0) is 6.54 Å². The predicted octanol–water partition coefficient (Wildman–Crippen LogP) is 3.88. The quantitative estimate of drug-likeness (QED) is 0.730. The summed E-state index contributed by atoms with van der Waals surface area (Å²) in [6, 6.07) is 16.8. The molecule has 3 aromatic rings. The maximum Gasteiger partial charge on any atom is 0.199 e. The number of aromatic nitrogens is 1. The van der Waals surface area contributed by atoms with Crippen LogP contribution in [0.25, 0.3) is 11.1 Å². The second-order valence-electron chi connectivity index (χ2n) is 6.80. The van der Waals surface area contributed by atoms with Crippen LogP contribution in [0, 0.1) is 0 Å². The highest BCUT2D eigenvalue weighted by molar-refractivity contribution is 5.72. The number of likely N-dealkylation sites (tertiary alicyclic amines) is 1. The van der Waals surface area contributed by atoms with Crippen LogP contribution < -0.4 is 4.90 Å². The van der Waals surface area contributed by atoms with Crippen LogP contribution in [-0.4, -0.2) is 37.1 Å². The van der Waals surface area contributed by atoms with Gasteiger partial charge in [0.05, 0.1) is 0 Å². The second kappa shape index (κ2) is 6.29. The molecule has 1 aliphatic rings. The lowest BCUT2D eigenvalue weighted by Gasteiger charge is -2.17. The van der Waals surface area contributed by atoms with Gasteiger partial charge in [0.25, 0.3) is 0 Å². The third kappa shape index (κ3) is 3.02. The smallest absolute Gasteiger partial charge is 0.199 e. The van der Waals surface area contributed by atoms with Crippen molar-refractivity contribution in [3.8, 4) is 0 Å². The zero-order chi connectivity index (χ0) is 16.5. The van der Waals surface area contributed by atoms with Gasteiger partial charge >= 0.3 is 0 Å². The number of rotatable bonds is 4. The van der Waals surface area contributed by atoms with Gasteiger partial charge in [-0.3, -0.25) is 4.90 Å². The Morgan fingerprint density at radius 1 is 1.12 bits per heavy atom. The minimum Gasteiger partial charge on any atom is -0.440 e. The van der Waals surface area contributed by atoms with E-state index < -0.39 is 0 Å². The molecule has 4 nitrogen and oxygen atoms in total. The fraction of sp³-hybridized carbons (Fsp3) is 0.350. The van der Waals surface area contributed by atoms with E-state index in [0.717, 1.165) is 43.0 Å². The average molecular weight is 321 g/mol. The lowest BCUT2D eigenvalue weighted by molar-refractivity contribution is 0.321. The molecular weight excluding hydrogens is 298 g/mol. The van der Waals surface area contributed by atoms with Crippen LogP contribution in [0.4, 0.5) is 5.69 Å². The molecule has 0 saturated carbocycles. The van der Waals surface area contributed by atoms with Crippen LogP contribution in [0.1, 0.15) is 23.8 Å². The largest absolute Gasteiger partial charge is 0.440 e. The fourth-order valence-electron chi connectivity index (χ4n) is 3.40. The summed E-state index contributed by atoms with van der Waals surface area (Å²) in [4.78, 5) is 9.29. The van der Waals surface area contributed by atoms with Crippen molar-refractivity contribution < 1.29 is 4.42 Å². The van der Waals surface area contributed by atoms with E-state index in [2.05, 4.69) is 53.1 Å². The lowest BCUT2D eigenvalue weighted by Crippen LogP contribution is -2.19. The lowest BCUT2D eigenvalue weighted by atomic mass is 10.1. The molecule has 124 valence electrons. The Morgan fingerprint density at radius 2 is 1.92 bits per heavy atom. The summed E-state index contributed by atoms with van der Waals surface area (Å²) >= 11 is 0. The molecule has 1 aliphatic heterocycles. The molecule has 2 heterocycles. The molecule has 0 N–H and O–H groups in total. The number of para-hydroxylation sites is 2. The molecular formula is C20H23N3O. The van der Waals surface area contributed by atoms with Crippen molar-refractivity contribution >= 4 is 16.8 Å². The highest BCUT2D eigenvalue weighted by Gasteiger charge is 2.27. The summed E-state index contributed by atoms with van der Waals surface area (Å²) in [6.07, 6.45) is 1.11. The van der Waals surface area contributed by atoms with Gasteiger partial charge in [-0.05, 0) is 42.8 Å². The van der Waals surface area contributed by atoms with Crippen LogP contribution >= 0.6 is 0 Å². The maximum atomic E-state index is 5.95. The Bertz CT molecular complexity index is 789. The van der Waals surface area contributed by atoms with E-state index in [1.807, 2.05) is 24.3 Å². The molecule has 1 atom stereocenters. The number of hydrogen-bond donors (Lipinski definition) is 0. The van der Waals surface area contributed by atoms with Crippen LogP contribution in [0.2, 0.25) is 0 Å². The number of anilines is 1. The molecule has 0 aliphatic carbocycles. The van der Waals surface area contributed by atoms with Gasteiger partial charge in [-0.15, -0.1) is 0 Å². The van der Waals surface area contributed by atoms with E-state index in [4.69, 9.17) is 4.42 Å². The molecule has 1 fully saturated rings. The minimum absolute atomic E-state index is 0.401. The number of benzene rings is 2. The van der Waals surface area contributed by atoms with Gasteiger partial charge < -0.3 is 9.32 Å². The first-order chi connectivity index (χ1) is 11.7. The van der Waals surface area contributed by atoms with Crippen molar-refractivity contribution in [3.63, 3.8) is 0 Å². The Kier molecular flexibility index (Phi) is 3.98. The Hall–Kier alpha value is -2.33. The summed E-state index contributed by atoms with van der Waals surface area (Å²) in [5.41, 5.74) is 4.46. The van der Waals surface area contributed by atoms with E-state index in [9.17, 15) is 0 Å². The van der Waals surface area contributed by atoms with Crippen molar-refractivity contribution in [2.45, 2.75) is 18.9 Å². The number of oxazole rings is 1. The van der Waals surface area contributed by atoms with Gasteiger partial charge in [0, 0.05) is 38.8 Å². The third-order valence-electron chi connectivity index (χ3n) is 4.79. The molecule has 4 heteroatoms. The van der Waals surface area contributed by atoms with Gasteiger partial charge in [-0.1, -0.05) is 24.3 Å². The first kappa shape index (κ1) is 15.2. The molecule has 1 saturated heterocycles. The van der Waals surface area contributed by atoms with E-state index in [1.165, 1.54) is 11.3 Å². The van der Waals surface area contributed by atoms with Crippen LogP contribution in [0.15, 0.2) is 52.9 Å². The first-order valence-electron chi connectivity index (χ1n) is 8.53. The monoisotopic (exact) mass is 321 g/mol. The van der Waals surface area contributed by atoms with E-state index in [1.54, 1.807) is 0 Å². The Balaban J connectivity index is 1.42. The SMILES string of the molecule is CN(C)c1ccc(CN2CC[C@H](c3nc4ccccc4o3)C2)cc1. The van der Waals surface area contributed by atoms with Crippen molar-refractivity contribution in [2.75, 3.05) is 32.1 Å². The zero-order valence-corrected chi connectivity index (χ0v) is 14.3. The number of hydrogen-bond acceptors (Lipinski definition) is 4. The van der Waals surface area contributed by atoms with Gasteiger partial charge in [0.15, 0.2) is 11.5 Å². The van der Waals surface area contributed by atoms with Crippen molar-refractivity contribution in [3.05, 3.63) is 60.0 Å². The summed E-state index contributed by atoms with van der Waals surface area (Å²) in [5.74, 6) is 1.29. The van der Waals surface area contributed by atoms with E-state index >= 15 is 0 Å². The molecule has 0 radical (unpaired) electrons. The van der Waals surface area contributed by atoms with Crippen molar-refractivity contribution in [1.82, 2.24) is 9.88 Å². The summed E-state index contributed by atoms with van der Waals surface area (Å²) in [6.45, 7) is 3.10. The fourth-order valence-corrected chi connectivity index (χ4v) is 3.40. The second-order valence-corrected chi connectivity index (χ2v) is 6.80. The summed E-state index contributed by atoms with van der Waals surface area (Å²) in [7, 11) is 4.14. The topological polar surface area (TPSA) is 32.5 Å². The molecule has 0 bridgehead atoms. The normalized spacial score (nSPS) is 18.3. The van der Waals surface area contributed by atoms with Crippen molar-refractivity contribution in [2.24, 2.45) is 0 Å². The van der Waals surface area contributed by atoms with E-state index in [-0.39, 0.29) is 0 Å². The molecule has 0 unspecified atom stereocenters. The molecule has 0 amide bonds. The molecule has 24 heavy (non-hydrogen) atoms. The summed E-state index contributed by atoms with van der Waals surface area (Å²) < 4.78 is 5.95. The van der Waals surface area contributed by atoms with Crippen LogP contribution in [0.5, 0.6) is 0 Å². The highest BCUT2D eigenvalue weighted by Crippen LogP contribution is 2.30. The average Bonchev–Trinajstić information content (AvgIpc) is 3.21. The van der Waals surface area contributed by atoms with Gasteiger partial charge in [0.1, 0.15) is 5.52 Å². The maximum absolute atomic E-state index is 5.95. The van der Waals surface area contributed by atoms with Crippen molar-refractivity contribution in [1.29, 1.82) is 0 Å². The van der Waals surface area contributed by atoms with E-state index in [0.29, 0.717) is 5.92 Å². The predicted molar refractivity (Wildman–Crippen MR) is 97.4 cm³/mol. The van der Waals surface area contributed by atoms with Gasteiger partial charge in [-0.2, -0.15) is 0 Å². The zero-order valence-electron chi connectivity index (χ0n) is 14.3. The molecule has 4 rings (SSSR count). The Labute approximate surface area is 142 Å². The molecule has 2 aromatic carbocycles.